The summed E-state index contributed by atoms with van der Waals surface area (Å²) >= 11 is 1.67. The average molecular weight is 277 g/mol. The summed E-state index contributed by atoms with van der Waals surface area (Å²) in [5.41, 5.74) is 0.303. The fourth-order valence-corrected chi connectivity index (χ4v) is 2.95. The Morgan fingerprint density at radius 2 is 2.26 bits per heavy atom. The van der Waals surface area contributed by atoms with E-state index in [2.05, 4.69) is 11.4 Å². The van der Waals surface area contributed by atoms with Crippen LogP contribution in [0.25, 0.3) is 0 Å². The van der Waals surface area contributed by atoms with Gasteiger partial charge in [-0.2, -0.15) is 0 Å². The van der Waals surface area contributed by atoms with Gasteiger partial charge in [-0.25, -0.2) is 0 Å². The maximum absolute atomic E-state index is 9.76. The van der Waals surface area contributed by atoms with Gasteiger partial charge in [0.1, 0.15) is 23.6 Å². The molecule has 0 aliphatic carbocycles. The fraction of sp³-hybridized carbons (Fsp3) is 0.286. The van der Waals surface area contributed by atoms with Crippen molar-refractivity contribution in [2.75, 3.05) is 13.2 Å². The number of hydrogen-bond donors (Lipinski definition) is 3. The minimum atomic E-state index is -0.590. The molecule has 1 aliphatic rings. The average Bonchev–Trinajstić information content (AvgIpc) is 3.04. The second kappa shape index (κ2) is 4.85. The lowest BCUT2D eigenvalue weighted by Gasteiger charge is -2.27. The predicted molar refractivity (Wildman–Crippen MR) is 73.5 cm³/mol. The van der Waals surface area contributed by atoms with E-state index >= 15 is 0 Å². The summed E-state index contributed by atoms with van der Waals surface area (Å²) in [7, 11) is 0. The second-order valence-electron chi connectivity index (χ2n) is 4.64. The van der Waals surface area contributed by atoms with E-state index in [1.807, 2.05) is 11.4 Å². The van der Waals surface area contributed by atoms with Crippen molar-refractivity contribution in [3.63, 3.8) is 0 Å². The highest BCUT2D eigenvalue weighted by atomic mass is 32.1. The highest BCUT2D eigenvalue weighted by Crippen LogP contribution is 2.39. The molecule has 1 aromatic carbocycles. The van der Waals surface area contributed by atoms with Crippen molar-refractivity contribution in [1.29, 1.82) is 0 Å². The lowest BCUT2D eigenvalue weighted by Crippen LogP contribution is -2.46. The summed E-state index contributed by atoms with van der Waals surface area (Å²) in [5.74, 6) is 0.804. The van der Waals surface area contributed by atoms with Crippen molar-refractivity contribution >= 4 is 11.3 Å². The fourth-order valence-electron chi connectivity index (χ4n) is 2.31. The third-order valence-corrected chi connectivity index (χ3v) is 4.28. The largest absolute Gasteiger partial charge is 0.508 e. The SMILES string of the molecule is OCC1(NCc2cccs2)COc2cc(O)ccc21. The molecule has 0 spiro atoms. The molecule has 1 atom stereocenters. The normalized spacial score (nSPS) is 21.1. The van der Waals surface area contributed by atoms with Gasteiger partial charge in [0.25, 0.3) is 0 Å². The molecule has 3 N–H and O–H groups in total. The van der Waals surface area contributed by atoms with Crippen LogP contribution < -0.4 is 10.1 Å². The van der Waals surface area contributed by atoms with Crippen LogP contribution in [-0.2, 0) is 12.1 Å². The van der Waals surface area contributed by atoms with Crippen LogP contribution in [0.15, 0.2) is 35.7 Å². The minimum absolute atomic E-state index is 0.0455. The maximum atomic E-state index is 9.76. The Bertz CT molecular complexity index is 570. The number of aliphatic hydroxyl groups excluding tert-OH is 1. The van der Waals surface area contributed by atoms with Crippen molar-refractivity contribution in [1.82, 2.24) is 5.32 Å². The molecule has 2 aromatic rings. The number of aromatic hydroxyl groups is 1. The molecule has 1 unspecified atom stereocenters. The van der Waals surface area contributed by atoms with Crippen LogP contribution in [-0.4, -0.2) is 23.4 Å². The summed E-state index contributed by atoms with van der Waals surface area (Å²) in [5, 5.41) is 24.6. The Morgan fingerprint density at radius 3 is 3.00 bits per heavy atom. The van der Waals surface area contributed by atoms with Gasteiger partial charge in [0.2, 0.25) is 0 Å². The molecule has 0 radical (unpaired) electrons. The van der Waals surface area contributed by atoms with Gasteiger partial charge in [-0.15, -0.1) is 11.3 Å². The molecule has 4 nitrogen and oxygen atoms in total. The number of phenols is 1. The smallest absolute Gasteiger partial charge is 0.128 e. The van der Waals surface area contributed by atoms with Crippen LogP contribution in [0.1, 0.15) is 10.4 Å². The first-order chi connectivity index (χ1) is 9.23. The van der Waals surface area contributed by atoms with Crippen LogP contribution in [0, 0.1) is 0 Å². The van der Waals surface area contributed by atoms with Crippen LogP contribution in [0.2, 0.25) is 0 Å². The predicted octanol–water partition coefficient (Wildman–Crippen LogP) is 1.82. The Morgan fingerprint density at radius 1 is 1.37 bits per heavy atom. The van der Waals surface area contributed by atoms with Crippen molar-refractivity contribution in [3.8, 4) is 11.5 Å². The lowest BCUT2D eigenvalue weighted by molar-refractivity contribution is 0.128. The zero-order chi connectivity index (χ0) is 13.3. The van der Waals surface area contributed by atoms with Crippen molar-refractivity contribution in [2.45, 2.75) is 12.1 Å². The molecular formula is C14H15NO3S. The third kappa shape index (κ3) is 2.20. The standard InChI is InChI=1S/C14H15NO3S/c16-8-14(15-7-11-2-1-5-19-11)9-18-13-6-10(17)3-4-12(13)14/h1-6,15-17H,7-9H2. The molecule has 19 heavy (non-hydrogen) atoms. The van der Waals surface area contributed by atoms with Crippen molar-refractivity contribution < 1.29 is 14.9 Å². The van der Waals surface area contributed by atoms with E-state index < -0.39 is 5.54 Å². The molecule has 0 amide bonds. The summed E-state index contributed by atoms with van der Waals surface area (Å²) in [6.07, 6.45) is 0. The highest BCUT2D eigenvalue weighted by Gasteiger charge is 2.40. The van der Waals surface area contributed by atoms with Gasteiger partial charge in [0, 0.05) is 23.1 Å². The van der Waals surface area contributed by atoms with Crippen LogP contribution in [0.5, 0.6) is 11.5 Å². The zero-order valence-electron chi connectivity index (χ0n) is 10.3. The van der Waals surface area contributed by atoms with E-state index in [4.69, 9.17) is 4.74 Å². The number of aliphatic hydroxyl groups is 1. The summed E-state index contributed by atoms with van der Waals surface area (Å²) < 4.78 is 5.58. The maximum Gasteiger partial charge on any atom is 0.128 e. The molecule has 0 fully saturated rings. The first-order valence-corrected chi connectivity index (χ1v) is 6.96. The van der Waals surface area contributed by atoms with Gasteiger partial charge >= 0.3 is 0 Å². The number of benzene rings is 1. The second-order valence-corrected chi connectivity index (χ2v) is 5.67. The van der Waals surface area contributed by atoms with Crippen molar-refractivity contribution in [2.24, 2.45) is 0 Å². The summed E-state index contributed by atoms with van der Waals surface area (Å²) in [4.78, 5) is 1.21. The highest BCUT2D eigenvalue weighted by molar-refractivity contribution is 7.09. The van der Waals surface area contributed by atoms with E-state index in [0.717, 1.165) is 5.56 Å². The van der Waals surface area contributed by atoms with Crippen molar-refractivity contribution in [3.05, 3.63) is 46.2 Å². The third-order valence-electron chi connectivity index (χ3n) is 3.41. The van der Waals surface area contributed by atoms with E-state index in [1.54, 1.807) is 29.5 Å². The zero-order valence-corrected chi connectivity index (χ0v) is 11.1. The number of hydrogen-bond acceptors (Lipinski definition) is 5. The number of thiophene rings is 1. The van der Waals surface area contributed by atoms with Crippen LogP contribution >= 0.6 is 11.3 Å². The van der Waals surface area contributed by atoms with Gasteiger partial charge in [0.05, 0.1) is 6.61 Å². The molecule has 1 aliphatic heterocycles. The monoisotopic (exact) mass is 277 g/mol. The number of rotatable bonds is 4. The minimum Gasteiger partial charge on any atom is -0.508 e. The summed E-state index contributed by atoms with van der Waals surface area (Å²) in [6, 6.07) is 9.06. The molecule has 3 rings (SSSR count). The Hall–Kier alpha value is -1.56. The topological polar surface area (TPSA) is 61.7 Å². The van der Waals surface area contributed by atoms with Gasteiger partial charge < -0.3 is 14.9 Å². The molecule has 5 heteroatoms. The molecule has 100 valence electrons. The van der Waals surface area contributed by atoms with Crippen LogP contribution in [0.4, 0.5) is 0 Å². The lowest BCUT2D eigenvalue weighted by atomic mass is 9.92. The Balaban J connectivity index is 1.85. The van der Waals surface area contributed by atoms with Gasteiger partial charge in [-0.05, 0) is 23.6 Å². The van der Waals surface area contributed by atoms with Crippen LogP contribution in [0.3, 0.4) is 0 Å². The van der Waals surface area contributed by atoms with E-state index in [9.17, 15) is 10.2 Å². The van der Waals surface area contributed by atoms with E-state index in [1.165, 1.54) is 4.88 Å². The number of nitrogens with one attached hydrogen (secondary N) is 1. The number of phenolic OH excluding ortho intramolecular Hbond substituents is 1. The molecule has 2 heterocycles. The Labute approximate surface area is 115 Å². The summed E-state index contributed by atoms with van der Waals surface area (Å²) in [6.45, 7) is 1.01. The first-order valence-electron chi connectivity index (χ1n) is 6.08. The molecule has 0 saturated heterocycles. The number of ether oxygens (including phenoxy) is 1. The molecular weight excluding hydrogens is 262 g/mol. The molecule has 1 aromatic heterocycles. The molecule has 0 saturated carbocycles. The number of fused-ring (bicyclic) bond motifs is 1. The van der Waals surface area contributed by atoms with E-state index in [0.29, 0.717) is 18.9 Å². The quantitative estimate of drug-likeness (QED) is 0.798. The first kappa shape index (κ1) is 12.5. The van der Waals surface area contributed by atoms with Gasteiger partial charge in [0.15, 0.2) is 0 Å². The van der Waals surface area contributed by atoms with Gasteiger partial charge in [-0.3, -0.25) is 5.32 Å². The van der Waals surface area contributed by atoms with Gasteiger partial charge in [-0.1, -0.05) is 6.07 Å². The van der Waals surface area contributed by atoms with E-state index in [-0.39, 0.29) is 12.4 Å². The molecule has 0 bridgehead atoms. The Kier molecular flexibility index (Phi) is 3.18.